The van der Waals surface area contributed by atoms with Crippen molar-refractivity contribution in [2.24, 2.45) is 11.8 Å². The van der Waals surface area contributed by atoms with Gasteiger partial charge in [-0.3, -0.25) is 19.3 Å². The highest BCUT2D eigenvalue weighted by molar-refractivity contribution is 6.07. The Bertz CT molecular complexity index is 951. The van der Waals surface area contributed by atoms with E-state index in [1.54, 1.807) is 13.8 Å². The fourth-order valence-electron chi connectivity index (χ4n) is 4.92. The molecule has 0 bridgehead atoms. The predicted octanol–water partition coefficient (Wildman–Crippen LogP) is 2.37. The first-order valence-corrected chi connectivity index (χ1v) is 11.0. The molecule has 2 aliphatic heterocycles. The zero-order valence-corrected chi connectivity index (χ0v) is 19.4. The van der Waals surface area contributed by atoms with Gasteiger partial charge in [0.1, 0.15) is 11.4 Å². The smallest absolute Gasteiger partial charge is 0.343 e. The molecule has 188 valence electrons. The van der Waals surface area contributed by atoms with Gasteiger partial charge in [-0.1, -0.05) is 13.0 Å². The molecule has 0 aromatic heterocycles. The molecule has 2 fully saturated rings. The maximum absolute atomic E-state index is 14.2. The summed E-state index contributed by atoms with van der Waals surface area (Å²) in [6, 6.07) is -0.618. The van der Waals surface area contributed by atoms with E-state index in [0.717, 1.165) is 11.0 Å². The summed E-state index contributed by atoms with van der Waals surface area (Å²) in [4.78, 5) is 54.2. The van der Waals surface area contributed by atoms with Gasteiger partial charge in [-0.15, -0.1) is 0 Å². The van der Waals surface area contributed by atoms with Gasteiger partial charge in [-0.2, -0.15) is 13.2 Å². The molecule has 1 N–H and O–H groups in total. The minimum Gasteiger partial charge on any atom is -0.343 e. The number of halogens is 4. The van der Waals surface area contributed by atoms with Gasteiger partial charge in [-0.05, 0) is 38.7 Å². The third-order valence-electron chi connectivity index (χ3n) is 6.72. The van der Waals surface area contributed by atoms with Gasteiger partial charge >= 0.3 is 12.2 Å². The highest BCUT2D eigenvalue weighted by Gasteiger charge is 2.57. The van der Waals surface area contributed by atoms with Crippen LogP contribution in [0.2, 0.25) is 0 Å². The van der Waals surface area contributed by atoms with Gasteiger partial charge in [0, 0.05) is 26.2 Å². The third-order valence-corrected chi connectivity index (χ3v) is 6.72. The summed E-state index contributed by atoms with van der Waals surface area (Å²) in [5.41, 5.74) is -1.79. The molecule has 5 amide bonds. The fourth-order valence-corrected chi connectivity index (χ4v) is 4.92. The summed E-state index contributed by atoms with van der Waals surface area (Å²) in [6.07, 6.45) is -2.92. The van der Waals surface area contributed by atoms with E-state index < -0.39 is 59.3 Å². The number of carbonyl (C=O) groups is 4. The van der Waals surface area contributed by atoms with Crippen molar-refractivity contribution in [3.05, 3.63) is 23.6 Å². The molecule has 2 saturated heterocycles. The first kappa shape index (κ1) is 25.7. The molecule has 8 nitrogen and oxygen atoms in total. The molecule has 0 saturated carbocycles. The van der Waals surface area contributed by atoms with Crippen LogP contribution in [0.15, 0.2) is 23.6 Å². The summed E-state index contributed by atoms with van der Waals surface area (Å²) >= 11 is 0. The van der Waals surface area contributed by atoms with Crippen LogP contribution in [-0.4, -0.2) is 82.9 Å². The van der Waals surface area contributed by atoms with Gasteiger partial charge < -0.3 is 15.1 Å². The van der Waals surface area contributed by atoms with Crippen molar-refractivity contribution in [2.45, 2.75) is 51.4 Å². The Morgan fingerprint density at radius 1 is 1.18 bits per heavy atom. The summed E-state index contributed by atoms with van der Waals surface area (Å²) in [7, 11) is 1.42. The maximum Gasteiger partial charge on any atom is 0.395 e. The van der Waals surface area contributed by atoms with Crippen molar-refractivity contribution in [1.82, 2.24) is 20.0 Å². The molecule has 0 aromatic carbocycles. The lowest BCUT2D eigenvalue weighted by atomic mass is 9.85. The number of urea groups is 1. The number of likely N-dealkylation sites (N-methyl/N-ethyl adjacent to an activating group) is 1. The SMILES string of the molecule is CC1C=C(F)C(C(=O)NCC(=O)N2CCC3(CC2)C(=O)N(C)C(=O)N3C(C)C)=CC1C(F)(F)F. The van der Waals surface area contributed by atoms with E-state index in [0.29, 0.717) is 6.08 Å². The van der Waals surface area contributed by atoms with E-state index in [1.807, 2.05) is 0 Å². The van der Waals surface area contributed by atoms with E-state index in [-0.39, 0.29) is 37.9 Å². The van der Waals surface area contributed by atoms with E-state index in [2.05, 4.69) is 5.32 Å². The number of alkyl halides is 3. The maximum atomic E-state index is 14.2. The normalized spacial score (nSPS) is 25.1. The van der Waals surface area contributed by atoms with Crippen LogP contribution in [0.25, 0.3) is 0 Å². The van der Waals surface area contributed by atoms with E-state index in [1.165, 1.54) is 23.8 Å². The number of hydrogen-bond donors (Lipinski definition) is 1. The minimum atomic E-state index is -4.64. The standard InChI is InChI=1S/C22H28F4N4O4/c1-12(2)30-20(34)28(4)19(33)21(30)5-7-29(8-6-21)17(31)11-27-18(32)14-10-15(22(24,25)26)13(3)9-16(14)23/h9-10,12-13,15H,5-8,11H2,1-4H3,(H,27,32). The molecule has 12 heteroatoms. The summed E-state index contributed by atoms with van der Waals surface area (Å²) < 4.78 is 53.6. The van der Waals surface area contributed by atoms with Crippen LogP contribution in [0, 0.1) is 11.8 Å². The van der Waals surface area contributed by atoms with E-state index >= 15 is 0 Å². The minimum absolute atomic E-state index is 0.148. The molecule has 3 aliphatic rings. The first-order chi connectivity index (χ1) is 15.7. The second-order valence-corrected chi connectivity index (χ2v) is 9.23. The molecule has 1 spiro atoms. The lowest BCUT2D eigenvalue weighted by Gasteiger charge is -2.43. The number of nitrogens with zero attached hydrogens (tertiary/aromatic N) is 3. The quantitative estimate of drug-likeness (QED) is 0.486. The molecule has 2 unspecified atom stereocenters. The zero-order valence-electron chi connectivity index (χ0n) is 19.4. The number of carbonyl (C=O) groups excluding carboxylic acids is 4. The van der Waals surface area contributed by atoms with Crippen LogP contribution in [0.1, 0.15) is 33.6 Å². The lowest BCUT2D eigenvalue weighted by molar-refractivity contribution is -0.169. The van der Waals surface area contributed by atoms with Gasteiger partial charge in [0.05, 0.1) is 18.0 Å². The number of imide groups is 1. The van der Waals surface area contributed by atoms with Gasteiger partial charge in [0.25, 0.3) is 11.8 Å². The van der Waals surface area contributed by atoms with Crippen molar-refractivity contribution in [1.29, 1.82) is 0 Å². The van der Waals surface area contributed by atoms with Crippen molar-refractivity contribution in [2.75, 3.05) is 26.7 Å². The molecule has 2 heterocycles. The number of likely N-dealkylation sites (tertiary alicyclic amines) is 1. The number of rotatable bonds is 4. The van der Waals surface area contributed by atoms with Crippen LogP contribution in [0.3, 0.4) is 0 Å². The average Bonchev–Trinajstić information content (AvgIpc) is 2.92. The van der Waals surface area contributed by atoms with Crippen molar-refractivity contribution in [3.63, 3.8) is 0 Å². The van der Waals surface area contributed by atoms with Gasteiger partial charge in [-0.25, -0.2) is 9.18 Å². The van der Waals surface area contributed by atoms with Crippen molar-refractivity contribution in [3.8, 4) is 0 Å². The van der Waals surface area contributed by atoms with Crippen LogP contribution >= 0.6 is 0 Å². The summed E-state index contributed by atoms with van der Waals surface area (Å²) in [5, 5.41) is 2.19. The third kappa shape index (κ3) is 4.41. The molecule has 3 rings (SSSR count). The number of piperidine rings is 1. The molecule has 0 radical (unpaired) electrons. The Hall–Kier alpha value is -2.92. The highest BCUT2D eigenvalue weighted by atomic mass is 19.4. The van der Waals surface area contributed by atoms with Crippen molar-refractivity contribution >= 4 is 23.8 Å². The summed E-state index contributed by atoms with van der Waals surface area (Å²) in [5.74, 6) is -6.19. The Morgan fingerprint density at radius 3 is 2.29 bits per heavy atom. The Labute approximate surface area is 194 Å². The second-order valence-electron chi connectivity index (χ2n) is 9.23. The monoisotopic (exact) mass is 488 g/mol. The number of nitrogens with one attached hydrogen (secondary N) is 1. The topological polar surface area (TPSA) is 90.0 Å². The number of allylic oxidation sites excluding steroid dienone is 2. The fraction of sp³-hybridized carbons (Fsp3) is 0.636. The Balaban J connectivity index is 1.62. The van der Waals surface area contributed by atoms with Gasteiger partial charge in [0.15, 0.2) is 0 Å². The molecule has 1 aliphatic carbocycles. The highest BCUT2D eigenvalue weighted by Crippen LogP contribution is 2.40. The molecule has 34 heavy (non-hydrogen) atoms. The molecular formula is C22H28F4N4O4. The Morgan fingerprint density at radius 2 is 1.76 bits per heavy atom. The predicted molar refractivity (Wildman–Crippen MR) is 113 cm³/mol. The number of hydrogen-bond acceptors (Lipinski definition) is 4. The molecular weight excluding hydrogens is 460 g/mol. The largest absolute Gasteiger partial charge is 0.395 e. The second kappa shape index (κ2) is 9.03. The summed E-state index contributed by atoms with van der Waals surface area (Å²) in [6.45, 7) is 4.57. The Kier molecular flexibility index (Phi) is 6.82. The van der Waals surface area contributed by atoms with E-state index in [9.17, 15) is 36.7 Å². The van der Waals surface area contributed by atoms with Crippen LogP contribution in [-0.2, 0) is 14.4 Å². The van der Waals surface area contributed by atoms with Crippen LogP contribution in [0.5, 0.6) is 0 Å². The van der Waals surface area contributed by atoms with Crippen LogP contribution < -0.4 is 5.32 Å². The zero-order chi connectivity index (χ0) is 25.6. The first-order valence-electron chi connectivity index (χ1n) is 11.0. The lowest BCUT2D eigenvalue weighted by Crippen LogP contribution is -2.59. The average molecular weight is 488 g/mol. The molecule has 0 aromatic rings. The molecule has 2 atom stereocenters. The van der Waals surface area contributed by atoms with Crippen LogP contribution in [0.4, 0.5) is 22.4 Å². The van der Waals surface area contributed by atoms with E-state index in [4.69, 9.17) is 0 Å². The number of amides is 5. The van der Waals surface area contributed by atoms with Crippen molar-refractivity contribution < 1.29 is 36.7 Å². The van der Waals surface area contributed by atoms with Gasteiger partial charge in [0.2, 0.25) is 5.91 Å².